The lowest BCUT2D eigenvalue weighted by Gasteiger charge is -2.33. The van der Waals surface area contributed by atoms with Gasteiger partial charge < -0.3 is 14.6 Å². The van der Waals surface area contributed by atoms with Crippen LogP contribution in [0, 0.1) is 3.70 Å². The number of H-pyrrole nitrogens is 1. The molecule has 1 aliphatic heterocycles. The summed E-state index contributed by atoms with van der Waals surface area (Å²) in [7, 11) is 0. The zero-order valence-corrected chi connectivity index (χ0v) is 16.0. The highest BCUT2D eigenvalue weighted by atomic mass is 127. The van der Waals surface area contributed by atoms with Crippen molar-refractivity contribution in [2.45, 2.75) is 45.1 Å². The molecule has 1 fully saturated rings. The Labute approximate surface area is 152 Å². The fourth-order valence-electron chi connectivity index (χ4n) is 2.87. The number of fused-ring (bicyclic) bond motifs is 1. The largest absolute Gasteiger partial charge is 0.444 e. The number of hydrogen-bond acceptors (Lipinski definition) is 5. The number of carbonyl (C=O) groups excluding carboxylic acids is 1. The molecule has 0 aliphatic carbocycles. The van der Waals surface area contributed by atoms with Crippen LogP contribution in [0.2, 0.25) is 0 Å². The van der Waals surface area contributed by atoms with E-state index < -0.39 is 5.60 Å². The normalized spacial score (nSPS) is 18.8. The Kier molecular flexibility index (Phi) is 4.54. The van der Waals surface area contributed by atoms with Crippen LogP contribution in [-0.2, 0) is 4.74 Å². The van der Waals surface area contributed by atoms with E-state index in [-0.39, 0.29) is 17.6 Å². The van der Waals surface area contributed by atoms with E-state index in [2.05, 4.69) is 15.1 Å². The van der Waals surface area contributed by atoms with E-state index in [4.69, 9.17) is 4.74 Å². The van der Waals surface area contributed by atoms with Crippen LogP contribution >= 0.6 is 22.6 Å². The lowest BCUT2D eigenvalue weighted by Crippen LogP contribution is -2.42. The molecule has 0 saturated carbocycles. The van der Waals surface area contributed by atoms with E-state index in [1.54, 1.807) is 9.42 Å². The Hall–Kier alpha value is -1.65. The standard InChI is InChI=1S/C15H20IN5O3/c1-15(2,3)24-14(23)20-6-4-5-9(7-20)12-19-11(16)10-13(22)17-8-18-21(10)12/h8-9H,4-7H2,1-3H3,(H,17,18,22). The van der Waals surface area contributed by atoms with E-state index in [0.717, 1.165) is 12.8 Å². The number of likely N-dealkylation sites (tertiary alicyclic amines) is 1. The van der Waals surface area contributed by atoms with Crippen LogP contribution in [0.5, 0.6) is 0 Å². The first-order valence-corrected chi connectivity index (χ1v) is 8.94. The van der Waals surface area contributed by atoms with Gasteiger partial charge in [0.05, 0.1) is 0 Å². The van der Waals surface area contributed by atoms with Crippen molar-refractivity contribution < 1.29 is 9.53 Å². The minimum absolute atomic E-state index is 0.0246. The Morgan fingerprint density at radius 2 is 2.21 bits per heavy atom. The van der Waals surface area contributed by atoms with Crippen molar-refractivity contribution in [1.82, 2.24) is 24.5 Å². The molecule has 0 aromatic carbocycles. The van der Waals surface area contributed by atoms with Crippen LogP contribution in [-0.4, -0.2) is 49.3 Å². The summed E-state index contributed by atoms with van der Waals surface area (Å²) >= 11 is 2.04. The molecule has 1 saturated heterocycles. The number of hydrogen-bond donors (Lipinski definition) is 1. The fourth-order valence-corrected chi connectivity index (χ4v) is 3.59. The number of rotatable bonds is 1. The van der Waals surface area contributed by atoms with E-state index >= 15 is 0 Å². The molecular weight excluding hydrogens is 425 g/mol. The van der Waals surface area contributed by atoms with Crippen LogP contribution < -0.4 is 5.56 Å². The zero-order valence-electron chi connectivity index (χ0n) is 13.9. The van der Waals surface area contributed by atoms with E-state index in [1.807, 2.05) is 43.4 Å². The number of nitrogens with zero attached hydrogens (tertiary/aromatic N) is 4. The van der Waals surface area contributed by atoms with Gasteiger partial charge in [0, 0.05) is 19.0 Å². The van der Waals surface area contributed by atoms with Crippen molar-refractivity contribution in [3.63, 3.8) is 0 Å². The average molecular weight is 445 g/mol. The molecule has 0 spiro atoms. The van der Waals surface area contributed by atoms with Gasteiger partial charge in [-0.05, 0) is 56.2 Å². The van der Waals surface area contributed by atoms with Crippen molar-refractivity contribution in [3.8, 4) is 0 Å². The van der Waals surface area contributed by atoms with Gasteiger partial charge >= 0.3 is 6.09 Å². The van der Waals surface area contributed by atoms with Gasteiger partial charge in [0.15, 0.2) is 5.52 Å². The van der Waals surface area contributed by atoms with Crippen LogP contribution in [0.15, 0.2) is 11.1 Å². The third-order valence-electron chi connectivity index (χ3n) is 3.86. The Morgan fingerprint density at radius 3 is 2.92 bits per heavy atom. The summed E-state index contributed by atoms with van der Waals surface area (Å²) in [5.74, 6) is 0.741. The number of amides is 1. The van der Waals surface area contributed by atoms with Crippen LogP contribution in [0.4, 0.5) is 4.79 Å². The average Bonchev–Trinajstić information content (AvgIpc) is 2.84. The second kappa shape index (κ2) is 6.34. The molecule has 1 amide bonds. The summed E-state index contributed by atoms with van der Waals surface area (Å²) in [6.07, 6.45) is 2.81. The van der Waals surface area contributed by atoms with Gasteiger partial charge in [-0.25, -0.2) is 14.3 Å². The summed E-state index contributed by atoms with van der Waals surface area (Å²) < 4.78 is 7.67. The van der Waals surface area contributed by atoms with Gasteiger partial charge in [-0.3, -0.25) is 4.79 Å². The predicted molar refractivity (Wildman–Crippen MR) is 96.1 cm³/mol. The summed E-state index contributed by atoms with van der Waals surface area (Å²) in [5, 5.41) is 4.23. The molecule has 1 unspecified atom stereocenters. The first-order chi connectivity index (χ1) is 11.3. The Morgan fingerprint density at radius 1 is 1.46 bits per heavy atom. The number of imidazole rings is 1. The molecule has 3 rings (SSSR count). The molecule has 1 atom stereocenters. The molecule has 24 heavy (non-hydrogen) atoms. The number of halogens is 1. The van der Waals surface area contributed by atoms with Gasteiger partial charge in [-0.2, -0.15) is 5.10 Å². The number of aromatic nitrogens is 4. The number of carbonyl (C=O) groups is 1. The molecule has 9 heteroatoms. The van der Waals surface area contributed by atoms with Crippen molar-refractivity contribution in [2.24, 2.45) is 0 Å². The third-order valence-corrected chi connectivity index (χ3v) is 4.61. The quantitative estimate of drug-likeness (QED) is 0.680. The summed E-state index contributed by atoms with van der Waals surface area (Å²) in [6, 6.07) is 0. The van der Waals surface area contributed by atoms with Gasteiger partial charge in [-0.1, -0.05) is 0 Å². The van der Waals surface area contributed by atoms with Crippen LogP contribution in [0.3, 0.4) is 0 Å². The molecule has 2 aromatic heterocycles. The number of nitrogens with one attached hydrogen (secondary N) is 1. The second-order valence-electron chi connectivity index (χ2n) is 6.90. The highest BCUT2D eigenvalue weighted by Crippen LogP contribution is 2.28. The maximum Gasteiger partial charge on any atom is 0.410 e. The van der Waals surface area contributed by atoms with Crippen LogP contribution in [0.1, 0.15) is 45.4 Å². The van der Waals surface area contributed by atoms with Crippen molar-refractivity contribution in [2.75, 3.05) is 13.1 Å². The smallest absolute Gasteiger partial charge is 0.410 e. The number of aromatic amines is 1. The third kappa shape index (κ3) is 3.40. The lowest BCUT2D eigenvalue weighted by atomic mass is 9.97. The summed E-state index contributed by atoms with van der Waals surface area (Å²) in [4.78, 5) is 33.1. The molecule has 0 bridgehead atoms. The maximum absolute atomic E-state index is 12.3. The van der Waals surface area contributed by atoms with Gasteiger partial charge in [0.2, 0.25) is 0 Å². The first kappa shape index (κ1) is 17.2. The fraction of sp³-hybridized carbons (Fsp3) is 0.600. The highest BCUT2D eigenvalue weighted by molar-refractivity contribution is 14.1. The molecular formula is C15H20IN5O3. The predicted octanol–water partition coefficient (Wildman–Crippen LogP) is 2.14. The SMILES string of the molecule is CC(C)(C)OC(=O)N1CCCC(c2nc(I)c3c(=O)[nH]cnn23)C1. The highest BCUT2D eigenvalue weighted by Gasteiger charge is 2.31. The number of ether oxygens (including phenoxy) is 1. The topological polar surface area (TPSA) is 92.6 Å². The molecule has 130 valence electrons. The van der Waals surface area contributed by atoms with Crippen molar-refractivity contribution >= 4 is 34.2 Å². The Bertz CT molecular complexity index is 823. The molecule has 8 nitrogen and oxygen atoms in total. The van der Waals surface area contributed by atoms with E-state index in [0.29, 0.717) is 28.1 Å². The van der Waals surface area contributed by atoms with Crippen molar-refractivity contribution in [3.05, 3.63) is 26.2 Å². The van der Waals surface area contributed by atoms with Crippen LogP contribution in [0.25, 0.3) is 5.52 Å². The second-order valence-corrected chi connectivity index (χ2v) is 7.93. The summed E-state index contributed by atoms with van der Waals surface area (Å²) in [5.41, 5.74) is -0.288. The molecule has 3 heterocycles. The minimum Gasteiger partial charge on any atom is -0.444 e. The Balaban J connectivity index is 1.87. The van der Waals surface area contributed by atoms with Gasteiger partial charge in [0.25, 0.3) is 5.56 Å². The van der Waals surface area contributed by atoms with E-state index in [9.17, 15) is 9.59 Å². The zero-order chi connectivity index (χ0) is 17.5. The van der Waals surface area contributed by atoms with Gasteiger partial charge in [-0.15, -0.1) is 0 Å². The lowest BCUT2D eigenvalue weighted by molar-refractivity contribution is 0.0195. The molecule has 2 aromatic rings. The van der Waals surface area contributed by atoms with E-state index in [1.165, 1.54) is 6.33 Å². The first-order valence-electron chi connectivity index (χ1n) is 7.86. The molecule has 1 N–H and O–H groups in total. The minimum atomic E-state index is -0.520. The summed E-state index contributed by atoms with van der Waals surface area (Å²) in [6.45, 7) is 6.74. The van der Waals surface area contributed by atoms with Crippen molar-refractivity contribution in [1.29, 1.82) is 0 Å². The molecule has 0 radical (unpaired) electrons. The number of piperidine rings is 1. The maximum atomic E-state index is 12.3. The van der Waals surface area contributed by atoms with Gasteiger partial charge in [0.1, 0.15) is 21.5 Å². The molecule has 1 aliphatic rings. The monoisotopic (exact) mass is 445 g/mol.